The summed E-state index contributed by atoms with van der Waals surface area (Å²) < 4.78 is 6.21. The van der Waals surface area contributed by atoms with Gasteiger partial charge in [-0.15, -0.1) is 0 Å². The van der Waals surface area contributed by atoms with Gasteiger partial charge in [-0.2, -0.15) is 0 Å². The van der Waals surface area contributed by atoms with Gasteiger partial charge in [0.2, 0.25) is 0 Å². The minimum atomic E-state index is -0.0425. The molecule has 114 valence electrons. The molecule has 1 aliphatic heterocycles. The summed E-state index contributed by atoms with van der Waals surface area (Å²) in [5.41, 5.74) is 3.47. The highest BCUT2D eigenvalue weighted by Crippen LogP contribution is 2.35. The predicted molar refractivity (Wildman–Crippen MR) is 86.9 cm³/mol. The van der Waals surface area contributed by atoms with Gasteiger partial charge in [-0.25, -0.2) is 0 Å². The van der Waals surface area contributed by atoms with Gasteiger partial charge in [-0.1, -0.05) is 39.8 Å². The number of rotatable bonds is 3. The summed E-state index contributed by atoms with van der Waals surface area (Å²) in [6.45, 7) is 12.6. The van der Waals surface area contributed by atoms with E-state index in [2.05, 4.69) is 53.7 Å². The van der Waals surface area contributed by atoms with Crippen LogP contribution in [0.1, 0.15) is 44.4 Å². The van der Waals surface area contributed by atoms with Gasteiger partial charge in [0.25, 0.3) is 0 Å². The van der Waals surface area contributed by atoms with Crippen LogP contribution in [0.25, 0.3) is 5.76 Å². The van der Waals surface area contributed by atoms with Crippen LogP contribution in [0.2, 0.25) is 0 Å². The molecular weight excluding hydrogens is 260 g/mol. The van der Waals surface area contributed by atoms with Crippen LogP contribution in [0.5, 0.6) is 0 Å². The smallest absolute Gasteiger partial charge is 0.166 e. The maximum Gasteiger partial charge on any atom is 0.166 e. The van der Waals surface area contributed by atoms with Crippen LogP contribution in [0.3, 0.4) is 0 Å². The van der Waals surface area contributed by atoms with Crippen LogP contribution in [0.15, 0.2) is 24.3 Å². The molecule has 2 atom stereocenters. The third-order valence-corrected chi connectivity index (χ3v) is 4.39. The Morgan fingerprint density at radius 2 is 1.67 bits per heavy atom. The van der Waals surface area contributed by atoms with E-state index in [1.165, 1.54) is 11.1 Å². The van der Waals surface area contributed by atoms with E-state index >= 15 is 0 Å². The molecule has 0 radical (unpaired) electrons. The fraction of sp³-hybridized carbons (Fsp3) is 0.526. The molecule has 0 saturated heterocycles. The second kappa shape index (κ2) is 6.05. The largest absolute Gasteiger partial charge is 0.489 e. The number of hydrogen-bond donors (Lipinski definition) is 0. The lowest BCUT2D eigenvalue weighted by Crippen LogP contribution is -2.40. The molecule has 0 aromatic heterocycles. The van der Waals surface area contributed by atoms with Crippen LogP contribution in [-0.4, -0.2) is 11.9 Å². The van der Waals surface area contributed by atoms with Crippen LogP contribution < -0.4 is 0 Å². The summed E-state index contributed by atoms with van der Waals surface area (Å²) in [4.78, 5) is 12.5. The molecule has 0 fully saturated rings. The average molecular weight is 286 g/mol. The van der Waals surface area contributed by atoms with Gasteiger partial charge < -0.3 is 4.74 Å². The topological polar surface area (TPSA) is 26.3 Å². The van der Waals surface area contributed by atoms with Gasteiger partial charge >= 0.3 is 0 Å². The summed E-state index contributed by atoms with van der Waals surface area (Å²) in [6, 6.07) is 6.22. The maximum atomic E-state index is 12.5. The van der Waals surface area contributed by atoms with Crippen molar-refractivity contribution in [2.75, 3.05) is 0 Å². The van der Waals surface area contributed by atoms with E-state index < -0.39 is 0 Å². The minimum absolute atomic E-state index is 0.0414. The van der Waals surface area contributed by atoms with Crippen molar-refractivity contribution in [1.82, 2.24) is 0 Å². The third-order valence-electron chi connectivity index (χ3n) is 4.39. The zero-order valence-electron chi connectivity index (χ0n) is 13.9. The molecule has 1 aromatic rings. The molecule has 2 rings (SSSR count). The van der Waals surface area contributed by atoms with Gasteiger partial charge in [-0.05, 0) is 42.9 Å². The highest BCUT2D eigenvalue weighted by molar-refractivity contribution is 5.99. The molecule has 0 N–H and O–H groups in total. The molecule has 0 saturated carbocycles. The summed E-state index contributed by atoms with van der Waals surface area (Å²) in [5, 5.41) is 0. The van der Waals surface area contributed by atoms with Crippen molar-refractivity contribution in [2.24, 2.45) is 17.8 Å². The first kappa shape index (κ1) is 15.8. The van der Waals surface area contributed by atoms with Gasteiger partial charge in [0, 0.05) is 11.6 Å². The summed E-state index contributed by atoms with van der Waals surface area (Å²) >= 11 is 0. The lowest BCUT2D eigenvalue weighted by molar-refractivity contribution is -0.126. The lowest BCUT2D eigenvalue weighted by atomic mass is 9.79. The van der Waals surface area contributed by atoms with Crippen molar-refractivity contribution in [3.05, 3.63) is 41.0 Å². The van der Waals surface area contributed by atoms with Crippen molar-refractivity contribution in [2.45, 2.75) is 47.6 Å². The van der Waals surface area contributed by atoms with Crippen molar-refractivity contribution >= 4 is 11.5 Å². The highest BCUT2D eigenvalue weighted by Gasteiger charge is 2.37. The molecule has 21 heavy (non-hydrogen) atoms. The quantitative estimate of drug-likeness (QED) is 0.815. The van der Waals surface area contributed by atoms with Crippen LogP contribution >= 0.6 is 0 Å². The predicted octanol–water partition coefficient (Wildman–Crippen LogP) is 4.54. The van der Waals surface area contributed by atoms with Crippen molar-refractivity contribution in [3.63, 3.8) is 0 Å². The zero-order valence-corrected chi connectivity index (χ0v) is 13.9. The number of ketones is 1. The first-order chi connectivity index (χ1) is 9.81. The van der Waals surface area contributed by atoms with Crippen LogP contribution in [0, 0.1) is 31.6 Å². The van der Waals surface area contributed by atoms with E-state index in [1.807, 2.05) is 6.07 Å². The molecule has 2 nitrogen and oxygen atoms in total. The van der Waals surface area contributed by atoms with E-state index in [9.17, 15) is 4.79 Å². The molecule has 0 spiro atoms. The molecule has 0 aliphatic carbocycles. The lowest BCUT2D eigenvalue weighted by Gasteiger charge is -2.36. The van der Waals surface area contributed by atoms with Crippen molar-refractivity contribution < 1.29 is 9.53 Å². The Bertz CT molecular complexity index is 567. The molecule has 1 aliphatic rings. The molecule has 0 bridgehead atoms. The van der Waals surface area contributed by atoms with E-state index in [4.69, 9.17) is 4.74 Å². The Balaban J connectivity index is 2.39. The number of benzene rings is 1. The standard InChI is InChI=1S/C19H26O2/c1-11(2)18-16(20)10-17(21-19(18)12(3)4)15-8-7-13(5)14(6)9-15/h7-12,18-19H,1-6H3. The minimum Gasteiger partial charge on any atom is -0.489 e. The van der Waals surface area contributed by atoms with Crippen LogP contribution in [0.4, 0.5) is 0 Å². The first-order valence-corrected chi connectivity index (χ1v) is 7.81. The Kier molecular flexibility index (Phi) is 4.55. The molecule has 1 heterocycles. The third kappa shape index (κ3) is 3.20. The Labute approximate surface area is 128 Å². The van der Waals surface area contributed by atoms with E-state index in [-0.39, 0.29) is 17.8 Å². The highest BCUT2D eigenvalue weighted by atomic mass is 16.5. The molecular formula is C19H26O2. The fourth-order valence-electron chi connectivity index (χ4n) is 2.95. The molecule has 2 heteroatoms. The number of carbonyl (C=O) groups is 1. The number of ether oxygens (including phenoxy) is 1. The molecule has 1 aromatic carbocycles. The van der Waals surface area contributed by atoms with Crippen molar-refractivity contribution in [1.29, 1.82) is 0 Å². The summed E-state index contributed by atoms with van der Waals surface area (Å²) in [6.07, 6.45) is 1.65. The Morgan fingerprint density at radius 1 is 1.00 bits per heavy atom. The van der Waals surface area contributed by atoms with Gasteiger partial charge in [-0.3, -0.25) is 4.79 Å². The fourth-order valence-corrected chi connectivity index (χ4v) is 2.95. The second-order valence-electron chi connectivity index (χ2n) is 6.81. The molecule has 2 unspecified atom stereocenters. The summed E-state index contributed by atoms with van der Waals surface area (Å²) in [7, 11) is 0. The number of allylic oxidation sites excluding steroid dienone is 1. The molecule has 0 amide bonds. The van der Waals surface area contributed by atoms with E-state index in [1.54, 1.807) is 6.08 Å². The number of carbonyl (C=O) groups excluding carboxylic acids is 1. The Morgan fingerprint density at radius 3 is 2.19 bits per heavy atom. The SMILES string of the molecule is Cc1ccc(C2=CC(=O)C(C(C)C)C(C(C)C)O2)cc1C. The van der Waals surface area contributed by atoms with Gasteiger partial charge in [0.15, 0.2) is 5.78 Å². The van der Waals surface area contributed by atoms with E-state index in [0.29, 0.717) is 11.8 Å². The Hall–Kier alpha value is -1.57. The van der Waals surface area contributed by atoms with E-state index in [0.717, 1.165) is 11.3 Å². The normalized spacial score (nSPS) is 22.5. The average Bonchev–Trinajstić information content (AvgIpc) is 2.40. The van der Waals surface area contributed by atoms with Gasteiger partial charge in [0.05, 0.1) is 5.92 Å². The van der Waals surface area contributed by atoms with Crippen molar-refractivity contribution in [3.8, 4) is 0 Å². The van der Waals surface area contributed by atoms with Gasteiger partial charge in [0.1, 0.15) is 11.9 Å². The zero-order chi connectivity index (χ0) is 15.7. The monoisotopic (exact) mass is 286 g/mol. The second-order valence-corrected chi connectivity index (χ2v) is 6.81. The first-order valence-electron chi connectivity index (χ1n) is 7.81. The number of aryl methyl sites for hydroxylation is 2. The van der Waals surface area contributed by atoms with Crippen LogP contribution in [-0.2, 0) is 9.53 Å². The maximum absolute atomic E-state index is 12.5. The summed E-state index contributed by atoms with van der Waals surface area (Å²) in [5.74, 6) is 1.49. The number of hydrogen-bond acceptors (Lipinski definition) is 2.